The fourth-order valence-electron chi connectivity index (χ4n) is 2.33. The second-order valence-corrected chi connectivity index (χ2v) is 5.48. The summed E-state index contributed by atoms with van der Waals surface area (Å²) in [5, 5.41) is 15.9. The normalized spacial score (nSPS) is 10.8. The molecule has 0 unspecified atom stereocenters. The monoisotopic (exact) mass is 341 g/mol. The van der Waals surface area contributed by atoms with Gasteiger partial charge < -0.3 is 14.2 Å². The predicted molar refractivity (Wildman–Crippen MR) is 89.1 cm³/mol. The molecule has 0 saturated heterocycles. The molecule has 3 aromatic rings. The number of hydrogen-bond acceptors (Lipinski definition) is 6. The minimum atomic E-state index is -0.233. The Morgan fingerprint density at radius 2 is 2.04 bits per heavy atom. The highest BCUT2D eigenvalue weighted by Gasteiger charge is 2.18. The molecule has 0 aliphatic carbocycles. The number of rotatable bonds is 7. The van der Waals surface area contributed by atoms with Gasteiger partial charge in [0.25, 0.3) is 5.91 Å². The number of carbonyl (C=O) groups is 1. The van der Waals surface area contributed by atoms with Crippen molar-refractivity contribution < 1.29 is 9.53 Å². The van der Waals surface area contributed by atoms with Crippen molar-refractivity contribution in [1.82, 2.24) is 34.7 Å². The van der Waals surface area contributed by atoms with Gasteiger partial charge in [0, 0.05) is 20.7 Å². The van der Waals surface area contributed by atoms with Crippen LogP contribution < -0.4 is 0 Å². The van der Waals surface area contributed by atoms with Gasteiger partial charge in [-0.1, -0.05) is 23.4 Å². The first-order valence-corrected chi connectivity index (χ1v) is 7.78. The maximum atomic E-state index is 12.6. The van der Waals surface area contributed by atoms with Gasteiger partial charge in [-0.15, -0.1) is 15.3 Å². The molecule has 130 valence electrons. The van der Waals surface area contributed by atoms with Crippen molar-refractivity contribution in [3.63, 3.8) is 0 Å². The van der Waals surface area contributed by atoms with E-state index in [1.807, 2.05) is 34.9 Å². The number of amides is 1. The Balaban J connectivity index is 1.69. The Bertz CT molecular complexity index is 828. The van der Waals surface area contributed by atoms with Crippen LogP contribution in [-0.2, 0) is 17.8 Å². The van der Waals surface area contributed by atoms with Gasteiger partial charge in [-0.25, -0.2) is 4.68 Å². The highest BCUT2D eigenvalue weighted by molar-refractivity contribution is 5.91. The third kappa shape index (κ3) is 3.89. The summed E-state index contributed by atoms with van der Waals surface area (Å²) < 4.78 is 8.49. The lowest BCUT2D eigenvalue weighted by Crippen LogP contribution is -2.28. The number of methoxy groups -OCH3 is 1. The molecule has 3 rings (SSSR count). The van der Waals surface area contributed by atoms with E-state index in [0.717, 1.165) is 5.69 Å². The molecule has 0 spiro atoms. The van der Waals surface area contributed by atoms with Crippen LogP contribution in [0.5, 0.6) is 0 Å². The van der Waals surface area contributed by atoms with Gasteiger partial charge in [-0.05, 0) is 12.1 Å². The quantitative estimate of drug-likeness (QED) is 0.631. The summed E-state index contributed by atoms with van der Waals surface area (Å²) in [5.74, 6) is 0.451. The van der Waals surface area contributed by atoms with Crippen molar-refractivity contribution in [1.29, 1.82) is 0 Å². The molecular formula is C16H19N7O2. The van der Waals surface area contributed by atoms with Crippen LogP contribution in [0, 0.1) is 0 Å². The third-order valence-corrected chi connectivity index (χ3v) is 3.69. The van der Waals surface area contributed by atoms with E-state index in [4.69, 9.17) is 4.74 Å². The summed E-state index contributed by atoms with van der Waals surface area (Å²) in [5.41, 5.74) is 1.12. The Morgan fingerprint density at radius 1 is 1.24 bits per heavy atom. The van der Waals surface area contributed by atoms with Crippen molar-refractivity contribution in [2.45, 2.75) is 13.1 Å². The second-order valence-electron chi connectivity index (χ2n) is 5.48. The van der Waals surface area contributed by atoms with Crippen molar-refractivity contribution in [2.75, 3.05) is 20.8 Å². The van der Waals surface area contributed by atoms with Crippen LogP contribution in [0.4, 0.5) is 0 Å². The maximum absolute atomic E-state index is 12.6. The molecule has 2 aromatic heterocycles. The van der Waals surface area contributed by atoms with Crippen LogP contribution >= 0.6 is 0 Å². The van der Waals surface area contributed by atoms with Crippen molar-refractivity contribution in [3.05, 3.63) is 54.4 Å². The number of aromatic nitrogens is 6. The van der Waals surface area contributed by atoms with Gasteiger partial charge >= 0.3 is 0 Å². The van der Waals surface area contributed by atoms with Crippen molar-refractivity contribution in [3.8, 4) is 5.69 Å². The smallest absolute Gasteiger partial charge is 0.276 e. The minimum absolute atomic E-state index is 0.233. The van der Waals surface area contributed by atoms with E-state index in [9.17, 15) is 4.79 Å². The van der Waals surface area contributed by atoms with Gasteiger partial charge in [0.1, 0.15) is 6.33 Å². The molecule has 9 heteroatoms. The van der Waals surface area contributed by atoms with E-state index in [0.29, 0.717) is 25.5 Å². The van der Waals surface area contributed by atoms with E-state index in [1.165, 1.54) is 4.90 Å². The summed E-state index contributed by atoms with van der Waals surface area (Å²) in [6.45, 7) is 1.50. The molecule has 0 bridgehead atoms. The fraction of sp³-hybridized carbons (Fsp3) is 0.312. The standard InChI is InChI=1S/C16H19N7O2/c1-21(11-15-19-17-12-22(15)8-9-25-2)16(24)14-10-23(20-18-14)13-6-4-3-5-7-13/h3-7,10,12H,8-9,11H2,1-2H3. The van der Waals surface area contributed by atoms with Crippen LogP contribution in [-0.4, -0.2) is 61.3 Å². The van der Waals surface area contributed by atoms with Gasteiger partial charge in [-0.2, -0.15) is 0 Å². The molecule has 25 heavy (non-hydrogen) atoms. The van der Waals surface area contributed by atoms with E-state index < -0.39 is 0 Å². The van der Waals surface area contributed by atoms with E-state index in [2.05, 4.69) is 20.5 Å². The number of para-hydroxylation sites is 1. The first kappa shape index (κ1) is 16.8. The third-order valence-electron chi connectivity index (χ3n) is 3.69. The Kier molecular flexibility index (Phi) is 5.14. The molecule has 0 N–H and O–H groups in total. The largest absolute Gasteiger partial charge is 0.383 e. The van der Waals surface area contributed by atoms with Crippen molar-refractivity contribution >= 4 is 5.91 Å². The average Bonchev–Trinajstić information content (AvgIpc) is 3.29. The summed E-state index contributed by atoms with van der Waals surface area (Å²) in [6.07, 6.45) is 3.24. The number of nitrogens with zero attached hydrogens (tertiary/aromatic N) is 7. The molecule has 9 nitrogen and oxygen atoms in total. The number of carbonyl (C=O) groups excluding carboxylic acids is 1. The molecular weight excluding hydrogens is 322 g/mol. The zero-order valence-corrected chi connectivity index (χ0v) is 14.1. The lowest BCUT2D eigenvalue weighted by atomic mass is 10.3. The molecule has 0 aliphatic heterocycles. The molecule has 1 amide bonds. The molecule has 0 aliphatic rings. The second kappa shape index (κ2) is 7.67. The van der Waals surface area contributed by atoms with Gasteiger partial charge in [0.2, 0.25) is 0 Å². The number of ether oxygens (including phenoxy) is 1. The molecule has 0 saturated carbocycles. The zero-order valence-electron chi connectivity index (χ0n) is 14.1. The van der Waals surface area contributed by atoms with Gasteiger partial charge in [0.05, 0.1) is 25.0 Å². The minimum Gasteiger partial charge on any atom is -0.383 e. The molecule has 0 fully saturated rings. The predicted octanol–water partition coefficient (Wildman–Crippen LogP) is 0.777. The van der Waals surface area contributed by atoms with Gasteiger partial charge in [0.15, 0.2) is 11.5 Å². The Morgan fingerprint density at radius 3 is 2.80 bits per heavy atom. The molecule has 1 aromatic carbocycles. The number of hydrogen-bond donors (Lipinski definition) is 0. The highest BCUT2D eigenvalue weighted by atomic mass is 16.5. The first-order chi connectivity index (χ1) is 12.2. The molecule has 0 atom stereocenters. The van der Waals surface area contributed by atoms with Crippen LogP contribution in [0.3, 0.4) is 0 Å². The zero-order chi connectivity index (χ0) is 17.6. The summed E-state index contributed by atoms with van der Waals surface area (Å²) in [7, 11) is 3.33. The average molecular weight is 341 g/mol. The van der Waals surface area contributed by atoms with Crippen LogP contribution in [0.1, 0.15) is 16.3 Å². The summed E-state index contributed by atoms with van der Waals surface area (Å²) in [6, 6.07) is 9.50. The topological polar surface area (TPSA) is 91.0 Å². The summed E-state index contributed by atoms with van der Waals surface area (Å²) >= 11 is 0. The SMILES string of the molecule is COCCn1cnnc1CN(C)C(=O)c1cn(-c2ccccc2)nn1. The van der Waals surface area contributed by atoms with Crippen LogP contribution in [0.15, 0.2) is 42.9 Å². The van der Waals surface area contributed by atoms with E-state index in [1.54, 1.807) is 31.4 Å². The fourth-order valence-corrected chi connectivity index (χ4v) is 2.33. The van der Waals surface area contributed by atoms with Crippen molar-refractivity contribution in [2.24, 2.45) is 0 Å². The highest BCUT2D eigenvalue weighted by Crippen LogP contribution is 2.09. The lowest BCUT2D eigenvalue weighted by molar-refractivity contribution is 0.0773. The first-order valence-electron chi connectivity index (χ1n) is 7.78. The van der Waals surface area contributed by atoms with E-state index >= 15 is 0 Å². The molecule has 0 radical (unpaired) electrons. The number of benzene rings is 1. The van der Waals surface area contributed by atoms with Crippen LogP contribution in [0.25, 0.3) is 5.69 Å². The van der Waals surface area contributed by atoms with E-state index in [-0.39, 0.29) is 11.6 Å². The molecule has 2 heterocycles. The Hall–Kier alpha value is -3.07. The summed E-state index contributed by atoms with van der Waals surface area (Å²) in [4.78, 5) is 14.1. The lowest BCUT2D eigenvalue weighted by Gasteiger charge is -2.15. The van der Waals surface area contributed by atoms with Gasteiger partial charge in [-0.3, -0.25) is 4.79 Å². The maximum Gasteiger partial charge on any atom is 0.276 e. The Labute approximate surface area is 144 Å². The van der Waals surface area contributed by atoms with Crippen LogP contribution in [0.2, 0.25) is 0 Å².